The van der Waals surface area contributed by atoms with E-state index < -0.39 is 12.0 Å². The molecule has 0 aliphatic heterocycles. The van der Waals surface area contributed by atoms with Crippen molar-refractivity contribution in [2.45, 2.75) is 25.8 Å². The molecule has 0 aromatic heterocycles. The predicted octanol–water partition coefficient (Wildman–Crippen LogP) is 5.60. The minimum atomic E-state index is -0.845. The van der Waals surface area contributed by atoms with Crippen molar-refractivity contribution in [3.63, 3.8) is 0 Å². The smallest absolute Gasteiger partial charge is 0.321 e. The number of rotatable bonds is 8. The fourth-order valence-electron chi connectivity index (χ4n) is 2.35. The van der Waals surface area contributed by atoms with E-state index in [1.807, 2.05) is 19.1 Å². The SMILES string of the molecule is CCCN[C@@H](Cc1cc(I)c(Oc2cc(I)c(O)c(I)c2)c(I)c1)C(=O)O. The van der Waals surface area contributed by atoms with Gasteiger partial charge in [-0.05, 0) is 140 Å². The summed E-state index contributed by atoms with van der Waals surface area (Å²) in [6, 6.07) is 6.87. The number of carboxylic acid groups (broad SMARTS) is 1. The van der Waals surface area contributed by atoms with Crippen molar-refractivity contribution in [3.8, 4) is 17.2 Å². The van der Waals surface area contributed by atoms with Crippen molar-refractivity contribution >= 4 is 96.3 Å². The molecule has 0 spiro atoms. The first-order valence-corrected chi connectivity index (χ1v) is 12.3. The highest BCUT2D eigenvalue weighted by molar-refractivity contribution is 14.1. The summed E-state index contributed by atoms with van der Waals surface area (Å²) in [5.41, 5.74) is 0.946. The number of carbonyl (C=O) groups is 1. The molecule has 0 fully saturated rings. The fourth-order valence-corrected chi connectivity index (χ4v) is 6.18. The number of carboxylic acids is 1. The molecule has 0 unspecified atom stereocenters. The van der Waals surface area contributed by atoms with E-state index in [1.165, 1.54) is 0 Å². The molecule has 0 heterocycles. The summed E-state index contributed by atoms with van der Waals surface area (Å²) in [5, 5.41) is 22.4. The van der Waals surface area contributed by atoms with Crippen molar-refractivity contribution in [2.24, 2.45) is 0 Å². The lowest BCUT2D eigenvalue weighted by atomic mass is 10.1. The van der Waals surface area contributed by atoms with Crippen molar-refractivity contribution in [3.05, 3.63) is 44.1 Å². The summed E-state index contributed by atoms with van der Waals surface area (Å²) in [6.07, 6.45) is 1.30. The minimum absolute atomic E-state index is 0.252. The Morgan fingerprint density at radius 2 is 1.63 bits per heavy atom. The number of ether oxygens (including phenoxy) is 1. The molecule has 146 valence electrons. The summed E-state index contributed by atoms with van der Waals surface area (Å²) in [7, 11) is 0. The molecule has 0 saturated carbocycles. The van der Waals surface area contributed by atoms with Gasteiger partial charge in [-0.1, -0.05) is 6.92 Å². The third-order valence-electron chi connectivity index (χ3n) is 3.65. The standard InChI is InChI=1S/C18H17I4NO4/c1-2-3-23-15(18(25)26)6-9-4-13(21)17(14(22)5-9)27-10-7-11(19)16(24)12(20)8-10/h4-5,7-8,15,23-24H,2-3,6H2,1H3,(H,25,26)/t15-/m0/s1. The second-order valence-corrected chi connectivity index (χ2v) is 10.4. The molecule has 2 aromatic rings. The molecule has 0 saturated heterocycles. The van der Waals surface area contributed by atoms with E-state index in [0.29, 0.717) is 18.7 Å². The molecule has 0 bridgehead atoms. The minimum Gasteiger partial charge on any atom is -0.506 e. The number of hydrogen-bond acceptors (Lipinski definition) is 4. The number of hydrogen-bond donors (Lipinski definition) is 3. The van der Waals surface area contributed by atoms with Gasteiger partial charge in [0.2, 0.25) is 0 Å². The van der Waals surface area contributed by atoms with E-state index in [0.717, 1.165) is 32.0 Å². The Labute approximate surface area is 212 Å². The lowest BCUT2D eigenvalue weighted by Crippen LogP contribution is -2.38. The van der Waals surface area contributed by atoms with Crippen molar-refractivity contribution < 1.29 is 19.7 Å². The van der Waals surface area contributed by atoms with Gasteiger partial charge in [-0.3, -0.25) is 4.79 Å². The summed E-state index contributed by atoms with van der Waals surface area (Å²) in [4.78, 5) is 11.5. The number of benzene rings is 2. The molecule has 5 nitrogen and oxygen atoms in total. The Morgan fingerprint density at radius 1 is 1.07 bits per heavy atom. The number of aliphatic carboxylic acids is 1. The van der Waals surface area contributed by atoms with Gasteiger partial charge < -0.3 is 20.3 Å². The van der Waals surface area contributed by atoms with Crippen LogP contribution in [-0.4, -0.2) is 28.8 Å². The Kier molecular flexibility index (Phi) is 9.61. The van der Waals surface area contributed by atoms with Gasteiger partial charge in [0.15, 0.2) is 5.75 Å². The van der Waals surface area contributed by atoms with Crippen LogP contribution in [0.5, 0.6) is 17.2 Å². The molecule has 9 heteroatoms. The van der Waals surface area contributed by atoms with E-state index in [-0.39, 0.29) is 5.75 Å². The molecule has 27 heavy (non-hydrogen) atoms. The molecule has 3 N–H and O–H groups in total. The van der Waals surface area contributed by atoms with Crippen LogP contribution in [0.3, 0.4) is 0 Å². The Morgan fingerprint density at radius 3 is 2.11 bits per heavy atom. The van der Waals surface area contributed by atoms with Crippen LogP contribution >= 0.6 is 90.4 Å². The number of nitrogens with one attached hydrogen (secondary N) is 1. The first-order valence-electron chi connectivity index (χ1n) is 8.02. The van der Waals surface area contributed by atoms with E-state index in [4.69, 9.17) is 4.74 Å². The number of phenols is 1. The highest BCUT2D eigenvalue weighted by Gasteiger charge is 2.19. The summed E-state index contributed by atoms with van der Waals surface area (Å²) in [6.45, 7) is 2.68. The topological polar surface area (TPSA) is 78.8 Å². The normalized spacial score (nSPS) is 12.0. The monoisotopic (exact) mass is 819 g/mol. The van der Waals surface area contributed by atoms with Crippen LogP contribution < -0.4 is 10.1 Å². The summed E-state index contributed by atoms with van der Waals surface area (Å²) >= 11 is 8.55. The van der Waals surface area contributed by atoms with Crippen LogP contribution in [-0.2, 0) is 11.2 Å². The second kappa shape index (κ2) is 11.0. The molecular weight excluding hydrogens is 802 g/mol. The van der Waals surface area contributed by atoms with Crippen LogP contribution in [0, 0.1) is 14.3 Å². The van der Waals surface area contributed by atoms with Gasteiger partial charge in [0.05, 0.1) is 14.3 Å². The highest BCUT2D eigenvalue weighted by Crippen LogP contribution is 2.36. The molecule has 0 aliphatic carbocycles. The second-order valence-electron chi connectivity index (χ2n) is 5.78. The molecule has 2 rings (SSSR count). The number of phenolic OH excluding ortho intramolecular Hbond substituents is 1. The third-order valence-corrected chi connectivity index (χ3v) is 6.89. The zero-order valence-electron chi connectivity index (χ0n) is 14.2. The average molecular weight is 819 g/mol. The van der Waals surface area contributed by atoms with Crippen LogP contribution in [0.1, 0.15) is 18.9 Å². The Hall–Kier alpha value is 0.390. The third kappa shape index (κ3) is 6.70. The quantitative estimate of drug-likeness (QED) is 0.303. The van der Waals surface area contributed by atoms with Crippen LogP contribution in [0.2, 0.25) is 0 Å². The zero-order valence-corrected chi connectivity index (χ0v) is 22.9. The van der Waals surface area contributed by atoms with Gasteiger partial charge in [0, 0.05) is 0 Å². The van der Waals surface area contributed by atoms with Crippen LogP contribution in [0.15, 0.2) is 24.3 Å². The van der Waals surface area contributed by atoms with Gasteiger partial charge in [0.1, 0.15) is 17.5 Å². The molecule has 0 aliphatic rings. The van der Waals surface area contributed by atoms with Crippen molar-refractivity contribution in [2.75, 3.05) is 6.54 Å². The zero-order chi connectivity index (χ0) is 20.1. The van der Waals surface area contributed by atoms with E-state index in [9.17, 15) is 15.0 Å². The van der Waals surface area contributed by atoms with E-state index in [2.05, 4.69) is 95.7 Å². The average Bonchev–Trinajstić information content (AvgIpc) is 2.59. The Balaban J connectivity index is 2.25. The van der Waals surface area contributed by atoms with E-state index >= 15 is 0 Å². The summed E-state index contributed by atoms with van der Waals surface area (Å²) < 4.78 is 9.33. The van der Waals surface area contributed by atoms with Gasteiger partial charge in [-0.2, -0.15) is 0 Å². The van der Waals surface area contributed by atoms with Crippen LogP contribution in [0.25, 0.3) is 0 Å². The molecule has 0 amide bonds. The largest absolute Gasteiger partial charge is 0.506 e. The maximum atomic E-state index is 11.5. The lowest BCUT2D eigenvalue weighted by Gasteiger charge is -2.16. The predicted molar refractivity (Wildman–Crippen MR) is 139 cm³/mol. The number of aromatic hydroxyl groups is 1. The Bertz CT molecular complexity index is 798. The summed E-state index contributed by atoms with van der Waals surface area (Å²) in [5.74, 6) is 0.786. The van der Waals surface area contributed by atoms with Gasteiger partial charge in [-0.15, -0.1) is 0 Å². The van der Waals surface area contributed by atoms with Gasteiger partial charge >= 0.3 is 5.97 Å². The highest BCUT2D eigenvalue weighted by atomic mass is 127. The van der Waals surface area contributed by atoms with Gasteiger partial charge in [-0.25, -0.2) is 0 Å². The van der Waals surface area contributed by atoms with Gasteiger partial charge in [0.25, 0.3) is 0 Å². The molecule has 0 radical (unpaired) electrons. The van der Waals surface area contributed by atoms with Crippen LogP contribution in [0.4, 0.5) is 0 Å². The molecular formula is C18H17I4NO4. The fraction of sp³-hybridized carbons (Fsp3) is 0.278. The number of halogens is 4. The lowest BCUT2D eigenvalue weighted by molar-refractivity contribution is -0.139. The molecule has 2 aromatic carbocycles. The first-order chi connectivity index (χ1) is 12.7. The first kappa shape index (κ1) is 23.7. The maximum Gasteiger partial charge on any atom is 0.321 e. The van der Waals surface area contributed by atoms with Crippen molar-refractivity contribution in [1.29, 1.82) is 0 Å². The van der Waals surface area contributed by atoms with E-state index in [1.54, 1.807) is 12.1 Å². The van der Waals surface area contributed by atoms with Crippen molar-refractivity contribution in [1.82, 2.24) is 5.32 Å². The molecule has 1 atom stereocenters. The maximum absolute atomic E-state index is 11.5.